The Kier molecular flexibility index (Phi) is 5.65. The number of carbonyl (C=O) groups is 1. The second kappa shape index (κ2) is 8.69. The van der Waals surface area contributed by atoms with Crippen molar-refractivity contribution in [2.45, 2.75) is 19.5 Å². The number of benzene rings is 2. The Morgan fingerprint density at radius 2 is 1.80 bits per heavy atom. The molecule has 2 aromatic heterocycles. The molecule has 152 valence electrons. The molecule has 2 heterocycles. The first-order valence-electron chi connectivity index (χ1n) is 9.56. The lowest BCUT2D eigenvalue weighted by Gasteiger charge is -2.08. The number of nitrogens with one attached hydrogen (secondary N) is 1. The van der Waals surface area contributed by atoms with Crippen LogP contribution >= 0.6 is 0 Å². The number of amides is 1. The van der Waals surface area contributed by atoms with Crippen LogP contribution in [0.2, 0.25) is 0 Å². The van der Waals surface area contributed by atoms with Crippen molar-refractivity contribution >= 4 is 16.9 Å². The van der Waals surface area contributed by atoms with Crippen molar-refractivity contribution in [2.75, 3.05) is 6.54 Å². The van der Waals surface area contributed by atoms with Gasteiger partial charge in [-0.15, -0.1) is 0 Å². The maximum Gasteiger partial charge on any atom is 0.264 e. The van der Waals surface area contributed by atoms with E-state index in [0.29, 0.717) is 30.7 Å². The summed E-state index contributed by atoms with van der Waals surface area (Å²) >= 11 is 0. The van der Waals surface area contributed by atoms with Gasteiger partial charge < -0.3 is 5.32 Å². The van der Waals surface area contributed by atoms with Crippen molar-refractivity contribution in [2.24, 2.45) is 0 Å². The molecule has 8 heteroatoms. The van der Waals surface area contributed by atoms with Gasteiger partial charge in [-0.1, -0.05) is 42.5 Å². The van der Waals surface area contributed by atoms with Crippen molar-refractivity contribution in [3.05, 3.63) is 94.4 Å². The predicted molar refractivity (Wildman–Crippen MR) is 110 cm³/mol. The Balaban J connectivity index is 1.39. The number of rotatable bonds is 7. The lowest BCUT2D eigenvalue weighted by Crippen LogP contribution is -2.29. The summed E-state index contributed by atoms with van der Waals surface area (Å²) in [4.78, 5) is 29.2. The van der Waals surface area contributed by atoms with Crippen molar-refractivity contribution < 1.29 is 9.18 Å². The van der Waals surface area contributed by atoms with Crippen molar-refractivity contribution in [1.82, 2.24) is 24.6 Å². The SMILES string of the molecule is O=C(Cc1ccc(F)cc1)NCCn1ncc2c(=O)n(Cc3ccccc3)cnc21. The van der Waals surface area contributed by atoms with E-state index in [-0.39, 0.29) is 23.7 Å². The van der Waals surface area contributed by atoms with Crippen LogP contribution in [0.5, 0.6) is 0 Å². The van der Waals surface area contributed by atoms with Gasteiger partial charge in [-0.3, -0.25) is 14.2 Å². The van der Waals surface area contributed by atoms with E-state index in [4.69, 9.17) is 0 Å². The molecule has 0 unspecified atom stereocenters. The van der Waals surface area contributed by atoms with Gasteiger partial charge in [0.15, 0.2) is 5.65 Å². The van der Waals surface area contributed by atoms with Gasteiger partial charge in [0.25, 0.3) is 5.56 Å². The van der Waals surface area contributed by atoms with E-state index >= 15 is 0 Å². The van der Waals surface area contributed by atoms with Crippen LogP contribution in [0, 0.1) is 5.82 Å². The third-order valence-electron chi connectivity index (χ3n) is 4.74. The zero-order valence-corrected chi connectivity index (χ0v) is 16.2. The van der Waals surface area contributed by atoms with Crippen LogP contribution in [-0.4, -0.2) is 31.8 Å². The summed E-state index contributed by atoms with van der Waals surface area (Å²) in [6, 6.07) is 15.5. The first-order valence-corrected chi connectivity index (χ1v) is 9.56. The summed E-state index contributed by atoms with van der Waals surface area (Å²) in [6.07, 6.45) is 3.19. The summed E-state index contributed by atoms with van der Waals surface area (Å²) in [5.74, 6) is -0.503. The van der Waals surface area contributed by atoms with E-state index in [9.17, 15) is 14.0 Å². The summed E-state index contributed by atoms with van der Waals surface area (Å²) in [6.45, 7) is 1.16. The minimum absolute atomic E-state index is 0.157. The second-order valence-corrected chi connectivity index (χ2v) is 6.92. The number of fused-ring (bicyclic) bond motifs is 1. The first-order chi connectivity index (χ1) is 14.6. The molecule has 0 saturated carbocycles. The van der Waals surface area contributed by atoms with Gasteiger partial charge in [-0.2, -0.15) is 5.10 Å². The summed E-state index contributed by atoms with van der Waals surface area (Å²) in [5.41, 5.74) is 2.07. The molecule has 7 nitrogen and oxygen atoms in total. The minimum atomic E-state index is -0.333. The average Bonchev–Trinajstić information content (AvgIpc) is 3.16. The monoisotopic (exact) mass is 405 g/mol. The lowest BCUT2D eigenvalue weighted by molar-refractivity contribution is -0.120. The van der Waals surface area contributed by atoms with E-state index in [1.54, 1.807) is 21.4 Å². The Hall–Kier alpha value is -3.81. The van der Waals surface area contributed by atoms with E-state index in [1.165, 1.54) is 24.7 Å². The Labute approximate surface area is 171 Å². The summed E-state index contributed by atoms with van der Waals surface area (Å²) in [5, 5.41) is 7.48. The van der Waals surface area contributed by atoms with Gasteiger partial charge in [0.2, 0.25) is 5.91 Å². The fourth-order valence-corrected chi connectivity index (χ4v) is 3.21. The van der Waals surface area contributed by atoms with E-state index < -0.39 is 0 Å². The van der Waals surface area contributed by atoms with Crippen LogP contribution in [0.3, 0.4) is 0 Å². The van der Waals surface area contributed by atoms with Gasteiger partial charge in [0.05, 0.1) is 25.7 Å². The Bertz CT molecular complexity index is 1220. The quantitative estimate of drug-likeness (QED) is 0.511. The number of aromatic nitrogens is 4. The van der Waals surface area contributed by atoms with Gasteiger partial charge in [0.1, 0.15) is 17.5 Å². The van der Waals surface area contributed by atoms with E-state index in [0.717, 1.165) is 11.1 Å². The van der Waals surface area contributed by atoms with Crippen LogP contribution in [-0.2, 0) is 24.3 Å². The van der Waals surface area contributed by atoms with Crippen LogP contribution in [0.4, 0.5) is 4.39 Å². The number of nitrogens with zero attached hydrogens (tertiary/aromatic N) is 4. The zero-order valence-electron chi connectivity index (χ0n) is 16.2. The molecule has 0 aliphatic rings. The van der Waals surface area contributed by atoms with Gasteiger partial charge in [-0.05, 0) is 23.3 Å². The molecule has 30 heavy (non-hydrogen) atoms. The third-order valence-corrected chi connectivity index (χ3v) is 4.74. The molecule has 0 bridgehead atoms. The molecule has 2 aromatic carbocycles. The molecule has 1 N–H and O–H groups in total. The highest BCUT2D eigenvalue weighted by Crippen LogP contribution is 2.07. The lowest BCUT2D eigenvalue weighted by atomic mass is 10.1. The van der Waals surface area contributed by atoms with E-state index in [2.05, 4.69) is 15.4 Å². The minimum Gasteiger partial charge on any atom is -0.354 e. The standard InChI is InChI=1S/C22H20FN5O2/c23-18-8-6-16(7-9-18)12-20(29)24-10-11-28-21-19(13-26-28)22(30)27(15-25-21)14-17-4-2-1-3-5-17/h1-9,13,15H,10-12,14H2,(H,24,29). The number of hydrogen-bond donors (Lipinski definition) is 1. The predicted octanol–water partition coefficient (Wildman–Crippen LogP) is 2.14. The van der Waals surface area contributed by atoms with Crippen LogP contribution in [0.25, 0.3) is 11.0 Å². The van der Waals surface area contributed by atoms with Crippen LogP contribution in [0.1, 0.15) is 11.1 Å². The molecule has 0 saturated heterocycles. The van der Waals surface area contributed by atoms with Gasteiger partial charge in [-0.25, -0.2) is 14.1 Å². The fraction of sp³-hybridized carbons (Fsp3) is 0.182. The molecule has 4 rings (SSSR count). The largest absolute Gasteiger partial charge is 0.354 e. The number of halogens is 1. The molecular weight excluding hydrogens is 385 g/mol. The Morgan fingerprint density at radius 1 is 1.03 bits per heavy atom. The maximum atomic E-state index is 12.9. The highest BCUT2D eigenvalue weighted by molar-refractivity contribution is 5.78. The van der Waals surface area contributed by atoms with Gasteiger partial charge >= 0.3 is 0 Å². The molecular formula is C22H20FN5O2. The van der Waals surface area contributed by atoms with E-state index in [1.807, 2.05) is 30.3 Å². The average molecular weight is 405 g/mol. The molecule has 0 fully saturated rings. The first kappa shape index (κ1) is 19.5. The van der Waals surface area contributed by atoms with Crippen LogP contribution < -0.4 is 10.9 Å². The van der Waals surface area contributed by atoms with Gasteiger partial charge in [0, 0.05) is 6.54 Å². The van der Waals surface area contributed by atoms with Crippen LogP contribution in [0.15, 0.2) is 71.9 Å². The fourth-order valence-electron chi connectivity index (χ4n) is 3.21. The van der Waals surface area contributed by atoms with Crippen molar-refractivity contribution in [1.29, 1.82) is 0 Å². The topological polar surface area (TPSA) is 81.8 Å². The molecule has 0 aliphatic carbocycles. The van der Waals surface area contributed by atoms with Crippen molar-refractivity contribution in [3.63, 3.8) is 0 Å². The van der Waals surface area contributed by atoms with Crippen molar-refractivity contribution in [3.8, 4) is 0 Å². The third kappa shape index (κ3) is 4.43. The zero-order chi connectivity index (χ0) is 20.9. The Morgan fingerprint density at radius 3 is 2.57 bits per heavy atom. The second-order valence-electron chi connectivity index (χ2n) is 6.92. The maximum absolute atomic E-state index is 12.9. The molecule has 0 aliphatic heterocycles. The highest BCUT2D eigenvalue weighted by Gasteiger charge is 2.11. The highest BCUT2D eigenvalue weighted by atomic mass is 19.1. The molecule has 0 spiro atoms. The molecule has 1 amide bonds. The number of hydrogen-bond acceptors (Lipinski definition) is 4. The number of carbonyl (C=O) groups excluding carboxylic acids is 1. The molecule has 0 radical (unpaired) electrons. The molecule has 4 aromatic rings. The normalized spacial score (nSPS) is 11.0. The summed E-state index contributed by atoms with van der Waals surface area (Å²) < 4.78 is 16.1. The summed E-state index contributed by atoms with van der Waals surface area (Å²) in [7, 11) is 0. The smallest absolute Gasteiger partial charge is 0.264 e. The molecule has 0 atom stereocenters.